The molecule has 1 aromatic heterocycles. The zero-order chi connectivity index (χ0) is 19.3. The molecule has 1 aromatic carbocycles. The van der Waals surface area contributed by atoms with E-state index in [0.717, 1.165) is 25.0 Å². The minimum Gasteiger partial charge on any atom is -0.479 e. The van der Waals surface area contributed by atoms with Gasteiger partial charge in [-0.05, 0) is 24.6 Å². The number of aromatic nitrogens is 1. The molecule has 0 fully saturated rings. The molecule has 140 valence electrons. The van der Waals surface area contributed by atoms with E-state index in [0.29, 0.717) is 0 Å². The molecule has 2 aromatic rings. The van der Waals surface area contributed by atoms with Crippen molar-refractivity contribution in [3.05, 3.63) is 42.1 Å². The number of carboxylic acid groups (broad SMARTS) is 2. The van der Waals surface area contributed by atoms with Crippen molar-refractivity contribution < 1.29 is 30.0 Å². The summed E-state index contributed by atoms with van der Waals surface area (Å²) >= 11 is 0. The van der Waals surface area contributed by atoms with Gasteiger partial charge in [0.1, 0.15) is 0 Å². The van der Waals surface area contributed by atoms with Gasteiger partial charge < -0.3 is 31.6 Å². The molecule has 0 amide bonds. The molecule has 0 spiro atoms. The number of hydrogen-bond donors (Lipinski definition) is 6. The number of benzene rings is 1. The third-order valence-electron chi connectivity index (χ3n) is 3.96. The second-order valence-electron chi connectivity index (χ2n) is 5.72. The number of aliphatic hydroxyl groups is 2. The van der Waals surface area contributed by atoms with E-state index in [-0.39, 0.29) is 0 Å². The number of carbonyl (C=O) groups is 2. The maximum atomic E-state index is 9.77. The highest BCUT2D eigenvalue weighted by Crippen LogP contribution is 2.28. The highest BCUT2D eigenvalue weighted by Gasteiger charge is 2.29. The van der Waals surface area contributed by atoms with Gasteiger partial charge in [-0.3, -0.25) is 4.68 Å². The standard InChI is InChI=1S/C13H15N3.C4H6O6/c14-16-9-12(10-5-7-15-8-6-10)11-3-1-2-4-13(11)16;5-1(3(7)8)2(6)4(9)10/h1-5,9,15H,6-8,14H2;1-2,5-6H,(H,7,8)(H,9,10). The third kappa shape index (κ3) is 4.39. The molecule has 0 bridgehead atoms. The quantitative estimate of drug-likeness (QED) is 0.401. The van der Waals surface area contributed by atoms with Crippen LogP contribution in [0.5, 0.6) is 0 Å². The van der Waals surface area contributed by atoms with Crippen LogP contribution in [-0.2, 0) is 9.59 Å². The number of nitrogens with two attached hydrogens (primary N) is 1. The normalized spacial score (nSPS) is 16.2. The summed E-state index contributed by atoms with van der Waals surface area (Å²) in [5.74, 6) is 2.42. The van der Waals surface area contributed by atoms with Gasteiger partial charge in [0.05, 0.1) is 5.52 Å². The molecule has 0 saturated carbocycles. The lowest BCUT2D eigenvalue weighted by Crippen LogP contribution is -2.39. The van der Waals surface area contributed by atoms with E-state index in [2.05, 4.69) is 29.6 Å². The number of nitrogens with zero attached hydrogens (tertiary/aromatic N) is 1. The summed E-state index contributed by atoms with van der Waals surface area (Å²) in [7, 11) is 0. The fraction of sp³-hybridized carbons (Fsp3) is 0.294. The van der Waals surface area contributed by atoms with Gasteiger partial charge >= 0.3 is 11.9 Å². The molecule has 2 atom stereocenters. The molecule has 3 rings (SSSR count). The second kappa shape index (κ2) is 8.48. The van der Waals surface area contributed by atoms with Crippen molar-refractivity contribution in [2.24, 2.45) is 0 Å². The Morgan fingerprint density at radius 1 is 1.12 bits per heavy atom. The summed E-state index contributed by atoms with van der Waals surface area (Å²) in [6, 6.07) is 8.27. The topological polar surface area (TPSA) is 158 Å². The second-order valence-corrected chi connectivity index (χ2v) is 5.72. The highest BCUT2D eigenvalue weighted by molar-refractivity contribution is 5.93. The maximum Gasteiger partial charge on any atom is 0.335 e. The maximum absolute atomic E-state index is 9.77. The Labute approximate surface area is 148 Å². The van der Waals surface area contributed by atoms with Gasteiger partial charge in [0.2, 0.25) is 0 Å². The fourth-order valence-electron chi connectivity index (χ4n) is 2.60. The third-order valence-corrected chi connectivity index (χ3v) is 3.96. The van der Waals surface area contributed by atoms with Crippen LogP contribution in [0.25, 0.3) is 16.5 Å². The number of nitrogen functional groups attached to an aromatic ring is 1. The Bertz CT molecular complexity index is 811. The largest absolute Gasteiger partial charge is 0.479 e. The monoisotopic (exact) mass is 363 g/mol. The first-order valence-electron chi connectivity index (χ1n) is 7.90. The minimum absolute atomic E-state index is 0.958. The Balaban J connectivity index is 0.000000213. The average molecular weight is 363 g/mol. The van der Waals surface area contributed by atoms with Gasteiger partial charge in [-0.2, -0.15) is 0 Å². The predicted octanol–water partition coefficient (Wildman–Crippen LogP) is -0.391. The first-order chi connectivity index (χ1) is 12.3. The van der Waals surface area contributed by atoms with Crippen LogP contribution in [0.15, 0.2) is 36.5 Å². The molecule has 2 heterocycles. The highest BCUT2D eigenvalue weighted by atomic mass is 16.4. The molecule has 26 heavy (non-hydrogen) atoms. The molecule has 0 radical (unpaired) electrons. The van der Waals surface area contributed by atoms with Crippen molar-refractivity contribution in [3.8, 4) is 0 Å². The summed E-state index contributed by atoms with van der Waals surface area (Å²) in [6.45, 7) is 2.01. The lowest BCUT2D eigenvalue weighted by molar-refractivity contribution is -0.165. The Morgan fingerprint density at radius 3 is 2.27 bits per heavy atom. The fourth-order valence-corrected chi connectivity index (χ4v) is 2.60. The minimum atomic E-state index is -2.27. The molecule has 1 aliphatic heterocycles. The van der Waals surface area contributed by atoms with Crippen molar-refractivity contribution in [3.63, 3.8) is 0 Å². The molecule has 2 unspecified atom stereocenters. The van der Waals surface area contributed by atoms with Crippen LogP contribution in [0.2, 0.25) is 0 Å². The number of aliphatic carboxylic acids is 2. The average Bonchev–Trinajstić information content (AvgIpc) is 2.99. The van der Waals surface area contributed by atoms with E-state index in [1.54, 1.807) is 4.68 Å². The Hall–Kier alpha value is -2.88. The van der Waals surface area contributed by atoms with Gasteiger partial charge in [-0.15, -0.1) is 0 Å². The first-order valence-corrected chi connectivity index (χ1v) is 7.90. The van der Waals surface area contributed by atoms with Crippen LogP contribution in [-0.4, -0.2) is 62.3 Å². The zero-order valence-corrected chi connectivity index (χ0v) is 13.9. The van der Waals surface area contributed by atoms with Crippen molar-refractivity contribution in [1.82, 2.24) is 9.99 Å². The summed E-state index contributed by atoms with van der Waals surface area (Å²) in [6.07, 6.45) is 0.830. The lowest BCUT2D eigenvalue weighted by atomic mass is 10.00. The van der Waals surface area contributed by atoms with Crippen LogP contribution < -0.4 is 11.2 Å². The number of rotatable bonds is 4. The predicted molar refractivity (Wildman–Crippen MR) is 94.8 cm³/mol. The van der Waals surface area contributed by atoms with Crippen molar-refractivity contribution in [1.29, 1.82) is 0 Å². The van der Waals surface area contributed by atoms with Crippen LogP contribution >= 0.6 is 0 Å². The summed E-state index contributed by atoms with van der Waals surface area (Å²) in [5, 5.41) is 37.1. The van der Waals surface area contributed by atoms with E-state index >= 15 is 0 Å². The number of hydrogen-bond acceptors (Lipinski definition) is 6. The van der Waals surface area contributed by atoms with Gasteiger partial charge in [0, 0.05) is 23.7 Å². The number of nitrogens with one attached hydrogen (secondary N) is 1. The number of carboxylic acids is 2. The van der Waals surface area contributed by atoms with E-state index in [9.17, 15) is 9.59 Å². The van der Waals surface area contributed by atoms with Gasteiger partial charge in [-0.1, -0.05) is 24.3 Å². The van der Waals surface area contributed by atoms with Gasteiger partial charge in [0.15, 0.2) is 12.2 Å². The molecule has 7 N–H and O–H groups in total. The molecular weight excluding hydrogens is 342 g/mol. The lowest BCUT2D eigenvalue weighted by Gasteiger charge is -2.13. The van der Waals surface area contributed by atoms with Gasteiger partial charge in [-0.25, -0.2) is 9.59 Å². The van der Waals surface area contributed by atoms with Crippen LogP contribution in [0, 0.1) is 0 Å². The molecule has 9 nitrogen and oxygen atoms in total. The summed E-state index contributed by atoms with van der Waals surface area (Å²) < 4.78 is 1.72. The summed E-state index contributed by atoms with van der Waals surface area (Å²) in [5.41, 5.74) is 3.77. The summed E-state index contributed by atoms with van der Waals surface area (Å²) in [4.78, 5) is 19.5. The Morgan fingerprint density at radius 2 is 1.73 bits per heavy atom. The SMILES string of the molecule is Nn1cc(C2=CCNCC2)c2ccccc21.O=C(O)C(O)C(O)C(=O)O. The van der Waals surface area contributed by atoms with Crippen molar-refractivity contribution in [2.45, 2.75) is 18.6 Å². The van der Waals surface area contributed by atoms with Gasteiger partial charge in [0.25, 0.3) is 0 Å². The van der Waals surface area contributed by atoms with E-state index in [1.165, 1.54) is 16.5 Å². The van der Waals surface area contributed by atoms with Crippen LogP contribution in [0.4, 0.5) is 0 Å². The van der Waals surface area contributed by atoms with Crippen LogP contribution in [0.1, 0.15) is 12.0 Å². The molecule has 9 heteroatoms. The molecular formula is C17H21N3O6. The number of aliphatic hydroxyl groups excluding tert-OH is 2. The van der Waals surface area contributed by atoms with E-state index in [1.807, 2.05) is 12.3 Å². The zero-order valence-electron chi connectivity index (χ0n) is 13.9. The van der Waals surface area contributed by atoms with Crippen molar-refractivity contribution >= 4 is 28.4 Å². The van der Waals surface area contributed by atoms with Crippen LogP contribution in [0.3, 0.4) is 0 Å². The molecule has 0 saturated heterocycles. The number of fused-ring (bicyclic) bond motifs is 1. The first kappa shape index (κ1) is 19.4. The van der Waals surface area contributed by atoms with Crippen molar-refractivity contribution in [2.75, 3.05) is 18.9 Å². The molecule has 1 aliphatic rings. The smallest absolute Gasteiger partial charge is 0.335 e. The van der Waals surface area contributed by atoms with E-state index in [4.69, 9.17) is 26.3 Å². The molecule has 0 aliphatic carbocycles. The Kier molecular flexibility index (Phi) is 6.34. The van der Waals surface area contributed by atoms with E-state index < -0.39 is 24.1 Å². The number of para-hydroxylation sites is 1.